The zero-order valence-electron chi connectivity index (χ0n) is 15.2. The molecule has 0 aliphatic heterocycles. The fourth-order valence-electron chi connectivity index (χ4n) is 3.17. The first kappa shape index (κ1) is 20.2. The van der Waals surface area contributed by atoms with Crippen LogP contribution < -0.4 is 5.32 Å². The van der Waals surface area contributed by atoms with Crippen molar-refractivity contribution in [3.8, 4) is 0 Å². The number of carbonyl (C=O) groups excluding carboxylic acids is 2. The van der Waals surface area contributed by atoms with Crippen LogP contribution in [0.1, 0.15) is 57.8 Å². The van der Waals surface area contributed by atoms with Crippen molar-refractivity contribution < 1.29 is 14.3 Å². The number of nitrogens with one attached hydrogen (secondary N) is 1. The molecule has 0 radical (unpaired) electrons. The molecule has 1 N–H and O–H groups in total. The topological polar surface area (TPSA) is 55.4 Å². The number of thiophene rings is 1. The Morgan fingerprint density at radius 3 is 2.81 bits per heavy atom. The number of benzene rings is 1. The van der Waals surface area contributed by atoms with E-state index in [4.69, 9.17) is 27.9 Å². The summed E-state index contributed by atoms with van der Waals surface area (Å²) in [6.45, 7) is 4.50. The number of halogens is 2. The molecule has 4 nitrogen and oxygen atoms in total. The Kier molecular flexibility index (Phi) is 6.45. The van der Waals surface area contributed by atoms with Gasteiger partial charge < -0.3 is 10.1 Å². The van der Waals surface area contributed by atoms with Gasteiger partial charge in [-0.1, -0.05) is 37.0 Å². The fraction of sp³-hybridized carbons (Fsp3) is 0.400. The average molecular weight is 426 g/mol. The predicted molar refractivity (Wildman–Crippen MR) is 110 cm³/mol. The molecule has 0 bridgehead atoms. The summed E-state index contributed by atoms with van der Waals surface area (Å²) in [7, 11) is 0. The maximum atomic E-state index is 12.7. The number of ether oxygens (including phenoxy) is 1. The smallest absolute Gasteiger partial charge is 0.341 e. The van der Waals surface area contributed by atoms with E-state index in [9.17, 15) is 9.59 Å². The van der Waals surface area contributed by atoms with Crippen LogP contribution >= 0.6 is 34.5 Å². The van der Waals surface area contributed by atoms with Gasteiger partial charge >= 0.3 is 5.97 Å². The zero-order chi connectivity index (χ0) is 19.6. The molecule has 7 heteroatoms. The number of anilines is 1. The van der Waals surface area contributed by atoms with E-state index in [0.29, 0.717) is 33.7 Å². The minimum absolute atomic E-state index is 0.269. The average Bonchev–Trinajstić information content (AvgIpc) is 2.96. The Balaban J connectivity index is 1.94. The summed E-state index contributed by atoms with van der Waals surface area (Å²) in [6.07, 6.45) is 3.50. The maximum Gasteiger partial charge on any atom is 0.341 e. The largest absolute Gasteiger partial charge is 0.462 e. The van der Waals surface area contributed by atoms with Gasteiger partial charge in [0.2, 0.25) is 0 Å². The van der Waals surface area contributed by atoms with Crippen molar-refractivity contribution in [2.45, 2.75) is 39.5 Å². The molecule has 2 aromatic rings. The Bertz CT molecular complexity index is 878. The highest BCUT2D eigenvalue weighted by Gasteiger charge is 2.29. The second kappa shape index (κ2) is 8.63. The Morgan fingerprint density at radius 1 is 1.33 bits per heavy atom. The molecular formula is C20H21Cl2NO3S. The van der Waals surface area contributed by atoms with Crippen molar-refractivity contribution in [2.75, 3.05) is 11.9 Å². The van der Waals surface area contributed by atoms with E-state index in [1.54, 1.807) is 12.1 Å². The van der Waals surface area contributed by atoms with Crippen molar-refractivity contribution in [1.29, 1.82) is 0 Å². The SMILES string of the molecule is CCCOC(=O)c1c(NC(=O)c2ccc(Cl)cc2Cl)sc2c1CCC(C)C2. The molecule has 1 amide bonds. The van der Waals surface area contributed by atoms with Gasteiger partial charge in [-0.3, -0.25) is 4.79 Å². The minimum atomic E-state index is -0.374. The lowest BCUT2D eigenvalue weighted by Gasteiger charge is -2.18. The summed E-state index contributed by atoms with van der Waals surface area (Å²) in [5.74, 6) is -0.181. The van der Waals surface area contributed by atoms with Gasteiger partial charge in [0.05, 0.1) is 22.8 Å². The van der Waals surface area contributed by atoms with E-state index in [2.05, 4.69) is 12.2 Å². The lowest BCUT2D eigenvalue weighted by molar-refractivity contribution is 0.0505. The van der Waals surface area contributed by atoms with Gasteiger partial charge in [0.25, 0.3) is 5.91 Å². The van der Waals surface area contributed by atoms with Crippen LogP contribution in [0.5, 0.6) is 0 Å². The van der Waals surface area contributed by atoms with Crippen LogP contribution in [0.15, 0.2) is 18.2 Å². The molecule has 144 valence electrons. The predicted octanol–water partition coefficient (Wildman–Crippen LogP) is 6.00. The quantitative estimate of drug-likeness (QED) is 0.597. The summed E-state index contributed by atoms with van der Waals surface area (Å²) >= 11 is 13.5. The normalized spacial score (nSPS) is 15.9. The maximum absolute atomic E-state index is 12.7. The molecule has 1 atom stereocenters. The summed E-state index contributed by atoms with van der Waals surface area (Å²) in [5.41, 5.74) is 1.82. The molecule has 1 aliphatic rings. The fourth-order valence-corrected chi connectivity index (χ4v) is 5.05. The van der Waals surface area contributed by atoms with Crippen molar-refractivity contribution in [3.63, 3.8) is 0 Å². The monoisotopic (exact) mass is 425 g/mol. The Morgan fingerprint density at radius 2 is 2.11 bits per heavy atom. The van der Waals surface area contributed by atoms with Gasteiger partial charge in [0.1, 0.15) is 5.00 Å². The number of carbonyl (C=O) groups is 2. The van der Waals surface area contributed by atoms with E-state index < -0.39 is 0 Å². The molecule has 1 heterocycles. The molecule has 0 fully saturated rings. The van der Waals surface area contributed by atoms with Gasteiger partial charge in [-0.2, -0.15) is 0 Å². The van der Waals surface area contributed by atoms with Crippen LogP contribution in [-0.4, -0.2) is 18.5 Å². The van der Waals surface area contributed by atoms with E-state index in [-0.39, 0.29) is 16.9 Å². The highest BCUT2D eigenvalue weighted by atomic mass is 35.5. The van der Waals surface area contributed by atoms with Crippen LogP contribution in [0.4, 0.5) is 5.00 Å². The molecule has 1 unspecified atom stereocenters. The molecule has 3 rings (SSSR count). The van der Waals surface area contributed by atoms with Crippen molar-refractivity contribution in [3.05, 3.63) is 49.8 Å². The molecule has 1 aromatic carbocycles. The van der Waals surface area contributed by atoms with E-state index >= 15 is 0 Å². The molecule has 1 aliphatic carbocycles. The van der Waals surface area contributed by atoms with Gasteiger partial charge in [0, 0.05) is 9.90 Å². The van der Waals surface area contributed by atoms with Crippen molar-refractivity contribution in [1.82, 2.24) is 0 Å². The van der Waals surface area contributed by atoms with Crippen LogP contribution in [0.2, 0.25) is 10.0 Å². The second-order valence-electron chi connectivity index (χ2n) is 6.77. The Hall–Kier alpha value is -1.56. The van der Waals surface area contributed by atoms with Crippen LogP contribution in [0.25, 0.3) is 0 Å². The van der Waals surface area contributed by atoms with E-state index in [0.717, 1.165) is 36.1 Å². The first-order valence-electron chi connectivity index (χ1n) is 8.98. The number of esters is 1. The summed E-state index contributed by atoms with van der Waals surface area (Å²) in [5, 5.41) is 4.13. The van der Waals surface area contributed by atoms with Gasteiger partial charge in [0.15, 0.2) is 0 Å². The van der Waals surface area contributed by atoms with Crippen molar-refractivity contribution >= 4 is 51.4 Å². The highest BCUT2D eigenvalue weighted by Crippen LogP contribution is 2.40. The number of hydrogen-bond donors (Lipinski definition) is 1. The van der Waals surface area contributed by atoms with Crippen LogP contribution in [0.3, 0.4) is 0 Å². The molecule has 27 heavy (non-hydrogen) atoms. The molecular weight excluding hydrogens is 405 g/mol. The first-order chi connectivity index (χ1) is 12.9. The number of amides is 1. The van der Waals surface area contributed by atoms with Crippen LogP contribution in [-0.2, 0) is 17.6 Å². The Labute approximate surface area is 172 Å². The lowest BCUT2D eigenvalue weighted by Crippen LogP contribution is -2.17. The van der Waals surface area contributed by atoms with Gasteiger partial charge in [-0.05, 0) is 55.4 Å². The third-order valence-electron chi connectivity index (χ3n) is 4.56. The molecule has 1 aromatic heterocycles. The van der Waals surface area contributed by atoms with E-state index in [1.165, 1.54) is 17.4 Å². The molecule has 0 spiro atoms. The highest BCUT2D eigenvalue weighted by molar-refractivity contribution is 7.17. The standard InChI is InChI=1S/C20H21Cl2NO3S/c1-3-8-26-20(25)17-14-6-4-11(2)9-16(14)27-19(17)23-18(24)13-7-5-12(21)10-15(13)22/h5,7,10-11H,3-4,6,8-9H2,1-2H3,(H,23,24). The second-order valence-corrected chi connectivity index (χ2v) is 8.72. The summed E-state index contributed by atoms with van der Waals surface area (Å²) in [6, 6.07) is 4.71. The number of rotatable bonds is 5. The minimum Gasteiger partial charge on any atom is -0.462 e. The number of hydrogen-bond acceptors (Lipinski definition) is 4. The lowest BCUT2D eigenvalue weighted by atomic mass is 9.88. The number of fused-ring (bicyclic) bond motifs is 1. The van der Waals surface area contributed by atoms with Crippen LogP contribution in [0, 0.1) is 5.92 Å². The van der Waals surface area contributed by atoms with Crippen molar-refractivity contribution in [2.24, 2.45) is 5.92 Å². The van der Waals surface area contributed by atoms with E-state index in [1.807, 2.05) is 6.92 Å². The molecule has 0 saturated carbocycles. The summed E-state index contributed by atoms with van der Waals surface area (Å²) < 4.78 is 5.37. The van der Waals surface area contributed by atoms with Gasteiger partial charge in [-0.15, -0.1) is 11.3 Å². The van der Waals surface area contributed by atoms with Gasteiger partial charge in [-0.25, -0.2) is 4.79 Å². The first-order valence-corrected chi connectivity index (χ1v) is 10.6. The molecule has 0 saturated heterocycles. The third-order valence-corrected chi connectivity index (χ3v) is 6.27. The zero-order valence-corrected chi connectivity index (χ0v) is 17.6. The third kappa shape index (κ3) is 4.48. The summed E-state index contributed by atoms with van der Waals surface area (Å²) in [4.78, 5) is 26.5.